The van der Waals surface area contributed by atoms with Gasteiger partial charge in [-0.15, -0.1) is 0 Å². The van der Waals surface area contributed by atoms with Crippen LogP contribution in [0.4, 0.5) is 5.69 Å². The normalized spacial score (nSPS) is 20.6. The van der Waals surface area contributed by atoms with Gasteiger partial charge in [0.05, 0.1) is 11.6 Å². The number of nitrogens with zero attached hydrogens (tertiary/aromatic N) is 2. The first-order chi connectivity index (χ1) is 9.20. The molecule has 1 heterocycles. The molecule has 19 heavy (non-hydrogen) atoms. The highest BCUT2D eigenvalue weighted by atomic mass is 15.1. The fourth-order valence-electron chi connectivity index (χ4n) is 2.74. The molecule has 3 nitrogen and oxygen atoms in total. The fraction of sp³-hybridized carbons (Fsp3) is 0.562. The molecule has 2 unspecified atom stereocenters. The second-order valence-corrected chi connectivity index (χ2v) is 5.50. The summed E-state index contributed by atoms with van der Waals surface area (Å²) in [4.78, 5) is 2.27. The molecule has 0 aromatic heterocycles. The molecule has 1 N–H and O–H groups in total. The first-order valence-electron chi connectivity index (χ1n) is 7.17. The Bertz CT molecular complexity index is 444. The fourth-order valence-corrected chi connectivity index (χ4v) is 2.74. The van der Waals surface area contributed by atoms with Crippen LogP contribution in [0.2, 0.25) is 0 Å². The molecule has 0 radical (unpaired) electrons. The van der Waals surface area contributed by atoms with Gasteiger partial charge >= 0.3 is 0 Å². The predicted octanol–water partition coefficient (Wildman–Crippen LogP) is 2.92. The van der Waals surface area contributed by atoms with Crippen molar-refractivity contribution in [2.45, 2.75) is 44.7 Å². The van der Waals surface area contributed by atoms with E-state index in [1.165, 1.54) is 19.3 Å². The van der Waals surface area contributed by atoms with Crippen molar-refractivity contribution in [3.8, 4) is 6.07 Å². The Kier molecular flexibility index (Phi) is 4.81. The third kappa shape index (κ3) is 3.71. The lowest BCUT2D eigenvalue weighted by atomic mass is 9.98. The Balaban J connectivity index is 1.97. The zero-order valence-corrected chi connectivity index (χ0v) is 11.9. The van der Waals surface area contributed by atoms with Gasteiger partial charge in [-0.05, 0) is 50.9 Å². The number of piperidine rings is 1. The molecule has 1 saturated heterocycles. The molecule has 3 heteroatoms. The highest BCUT2D eigenvalue weighted by molar-refractivity contribution is 5.51. The molecule has 1 fully saturated rings. The van der Waals surface area contributed by atoms with Crippen molar-refractivity contribution >= 4 is 5.69 Å². The van der Waals surface area contributed by atoms with E-state index >= 15 is 0 Å². The van der Waals surface area contributed by atoms with Crippen LogP contribution in [0, 0.1) is 11.3 Å². The number of benzene rings is 1. The van der Waals surface area contributed by atoms with Gasteiger partial charge in [0.2, 0.25) is 0 Å². The van der Waals surface area contributed by atoms with Gasteiger partial charge in [0.25, 0.3) is 0 Å². The predicted molar refractivity (Wildman–Crippen MR) is 79.3 cm³/mol. The van der Waals surface area contributed by atoms with Crippen LogP contribution < -0.4 is 10.2 Å². The number of nitrogens with one attached hydrogen (secondary N) is 1. The molecule has 0 saturated carbocycles. The summed E-state index contributed by atoms with van der Waals surface area (Å²) in [5, 5.41) is 12.6. The van der Waals surface area contributed by atoms with E-state index in [1.54, 1.807) is 0 Å². The third-order valence-electron chi connectivity index (χ3n) is 4.08. The van der Waals surface area contributed by atoms with Gasteiger partial charge in [-0.2, -0.15) is 5.26 Å². The van der Waals surface area contributed by atoms with E-state index in [1.807, 2.05) is 18.2 Å². The minimum absolute atomic E-state index is 0.476. The van der Waals surface area contributed by atoms with E-state index in [9.17, 15) is 0 Å². The standard InChI is InChI=1S/C16H23N3/c1-13(10-15-7-3-4-9-18-15)19(2)16-8-5-6-14(11-16)12-17/h5-6,8,11,13,15,18H,3-4,7,9-10H2,1-2H3. The van der Waals surface area contributed by atoms with Gasteiger partial charge in [-0.1, -0.05) is 12.5 Å². The second kappa shape index (κ2) is 6.58. The molecule has 1 aliphatic heterocycles. The first-order valence-corrected chi connectivity index (χ1v) is 7.17. The SMILES string of the molecule is CC(CC1CCCCN1)N(C)c1cccc(C#N)c1. The average molecular weight is 257 g/mol. The van der Waals surface area contributed by atoms with Crippen LogP contribution >= 0.6 is 0 Å². The van der Waals surface area contributed by atoms with Crippen LogP contribution in [0.5, 0.6) is 0 Å². The highest BCUT2D eigenvalue weighted by Crippen LogP contribution is 2.20. The molecule has 2 rings (SSSR count). The Morgan fingerprint density at radius 2 is 2.32 bits per heavy atom. The Labute approximate surface area is 116 Å². The van der Waals surface area contributed by atoms with Gasteiger partial charge in [0, 0.05) is 24.8 Å². The molecule has 1 aliphatic rings. The van der Waals surface area contributed by atoms with Gasteiger partial charge in [-0.25, -0.2) is 0 Å². The molecule has 1 aromatic rings. The van der Waals surface area contributed by atoms with Crippen molar-refractivity contribution in [1.82, 2.24) is 5.32 Å². The van der Waals surface area contributed by atoms with Gasteiger partial charge in [-0.3, -0.25) is 0 Å². The lowest BCUT2D eigenvalue weighted by Crippen LogP contribution is -2.40. The topological polar surface area (TPSA) is 39.1 Å². The highest BCUT2D eigenvalue weighted by Gasteiger charge is 2.18. The van der Waals surface area contributed by atoms with Crippen molar-refractivity contribution in [2.24, 2.45) is 0 Å². The zero-order chi connectivity index (χ0) is 13.7. The minimum atomic E-state index is 0.476. The summed E-state index contributed by atoms with van der Waals surface area (Å²) in [6, 6.07) is 11.2. The number of rotatable bonds is 4. The van der Waals surface area contributed by atoms with E-state index in [4.69, 9.17) is 5.26 Å². The van der Waals surface area contributed by atoms with Crippen molar-refractivity contribution < 1.29 is 0 Å². The Morgan fingerprint density at radius 1 is 1.47 bits per heavy atom. The Hall–Kier alpha value is -1.53. The molecule has 1 aromatic carbocycles. The quantitative estimate of drug-likeness (QED) is 0.901. The van der Waals surface area contributed by atoms with Crippen LogP contribution in [0.15, 0.2) is 24.3 Å². The van der Waals surface area contributed by atoms with Crippen molar-refractivity contribution in [3.05, 3.63) is 29.8 Å². The minimum Gasteiger partial charge on any atom is -0.372 e. The maximum atomic E-state index is 8.96. The number of nitriles is 1. The summed E-state index contributed by atoms with van der Waals surface area (Å²) >= 11 is 0. The molecule has 0 aliphatic carbocycles. The molecular weight excluding hydrogens is 234 g/mol. The van der Waals surface area contributed by atoms with E-state index in [2.05, 4.69) is 36.3 Å². The smallest absolute Gasteiger partial charge is 0.0992 e. The summed E-state index contributed by atoms with van der Waals surface area (Å²) in [7, 11) is 2.12. The van der Waals surface area contributed by atoms with Gasteiger partial charge < -0.3 is 10.2 Å². The van der Waals surface area contributed by atoms with E-state index in [0.717, 1.165) is 24.2 Å². The van der Waals surface area contributed by atoms with Crippen molar-refractivity contribution in [2.75, 3.05) is 18.5 Å². The van der Waals surface area contributed by atoms with Crippen molar-refractivity contribution in [1.29, 1.82) is 5.26 Å². The van der Waals surface area contributed by atoms with E-state index in [0.29, 0.717) is 12.1 Å². The average Bonchev–Trinajstić information content (AvgIpc) is 2.47. The summed E-state index contributed by atoms with van der Waals surface area (Å²) in [6.07, 6.45) is 5.10. The van der Waals surface area contributed by atoms with Gasteiger partial charge in [0.15, 0.2) is 0 Å². The monoisotopic (exact) mass is 257 g/mol. The Morgan fingerprint density at radius 3 is 3.00 bits per heavy atom. The van der Waals surface area contributed by atoms with Crippen LogP contribution in [-0.2, 0) is 0 Å². The van der Waals surface area contributed by atoms with E-state index in [-0.39, 0.29) is 0 Å². The summed E-state index contributed by atoms with van der Waals surface area (Å²) < 4.78 is 0. The summed E-state index contributed by atoms with van der Waals surface area (Å²) in [5.41, 5.74) is 1.86. The molecule has 0 amide bonds. The van der Waals surface area contributed by atoms with Crippen LogP contribution in [-0.4, -0.2) is 25.7 Å². The second-order valence-electron chi connectivity index (χ2n) is 5.50. The number of hydrogen-bond acceptors (Lipinski definition) is 3. The third-order valence-corrected chi connectivity index (χ3v) is 4.08. The zero-order valence-electron chi connectivity index (χ0n) is 11.9. The lowest BCUT2D eigenvalue weighted by Gasteiger charge is -2.32. The van der Waals surface area contributed by atoms with E-state index < -0.39 is 0 Å². The number of hydrogen-bond donors (Lipinski definition) is 1. The molecular formula is C16H23N3. The maximum Gasteiger partial charge on any atom is 0.0992 e. The first kappa shape index (κ1) is 13.9. The largest absolute Gasteiger partial charge is 0.372 e. The molecule has 2 atom stereocenters. The van der Waals surface area contributed by atoms with Crippen LogP contribution in [0.3, 0.4) is 0 Å². The maximum absolute atomic E-state index is 8.96. The van der Waals surface area contributed by atoms with Crippen LogP contribution in [0.25, 0.3) is 0 Å². The molecule has 102 valence electrons. The molecule has 0 spiro atoms. The summed E-state index contributed by atoms with van der Waals surface area (Å²) in [5.74, 6) is 0. The summed E-state index contributed by atoms with van der Waals surface area (Å²) in [6.45, 7) is 3.42. The van der Waals surface area contributed by atoms with Crippen LogP contribution in [0.1, 0.15) is 38.2 Å². The number of anilines is 1. The van der Waals surface area contributed by atoms with Crippen molar-refractivity contribution in [3.63, 3.8) is 0 Å². The lowest BCUT2D eigenvalue weighted by molar-refractivity contribution is 0.362. The van der Waals surface area contributed by atoms with Gasteiger partial charge in [0.1, 0.15) is 0 Å². The molecule has 0 bridgehead atoms.